The highest BCUT2D eigenvalue weighted by Crippen LogP contribution is 2.48. The molecule has 1 aromatic carbocycles. The molecule has 2 atom stereocenters. The predicted octanol–water partition coefficient (Wildman–Crippen LogP) is 2.47. The number of rotatable bonds is 5. The van der Waals surface area contributed by atoms with E-state index in [0.717, 1.165) is 12.0 Å². The van der Waals surface area contributed by atoms with Crippen molar-refractivity contribution in [3.8, 4) is 0 Å². The summed E-state index contributed by atoms with van der Waals surface area (Å²) in [5, 5.41) is 0.690. The van der Waals surface area contributed by atoms with Crippen LogP contribution in [-0.2, 0) is 14.3 Å². The molecule has 0 aromatic heterocycles. The average Bonchev–Trinajstić information content (AvgIpc) is 3.19. The highest BCUT2D eigenvalue weighted by Gasteiger charge is 2.45. The molecule has 1 aliphatic rings. The average molecular weight is 296 g/mol. The summed E-state index contributed by atoms with van der Waals surface area (Å²) in [6, 6.07) is 7.53. The molecule has 1 aliphatic carbocycles. The Morgan fingerprint density at radius 2 is 1.95 bits per heavy atom. The number of hydrogen-bond acceptors (Lipinski definition) is 3. The number of carbonyl (C=O) groups is 2. The molecule has 0 bridgehead atoms. The molecule has 0 radical (unpaired) electrons. The topological polar surface area (TPSA) is 46.6 Å². The first kappa shape index (κ1) is 14.9. The molecule has 5 heteroatoms. The van der Waals surface area contributed by atoms with Crippen LogP contribution in [0.3, 0.4) is 0 Å². The lowest BCUT2D eigenvalue weighted by atomic mass is 10.1. The van der Waals surface area contributed by atoms with Crippen LogP contribution in [0.25, 0.3) is 0 Å². The van der Waals surface area contributed by atoms with E-state index in [1.807, 2.05) is 24.3 Å². The number of carbonyl (C=O) groups excluding carboxylic acids is 2. The maximum Gasteiger partial charge on any atom is 0.309 e. The van der Waals surface area contributed by atoms with Crippen LogP contribution in [0.1, 0.15) is 24.3 Å². The molecular weight excluding hydrogens is 278 g/mol. The maximum atomic E-state index is 11.8. The molecule has 1 aromatic rings. The lowest BCUT2D eigenvalue weighted by Crippen LogP contribution is -2.23. The molecular formula is C15H18ClNO3. The van der Waals surface area contributed by atoms with Crippen LogP contribution in [0.15, 0.2) is 24.3 Å². The Morgan fingerprint density at radius 1 is 1.30 bits per heavy atom. The van der Waals surface area contributed by atoms with Gasteiger partial charge >= 0.3 is 5.97 Å². The van der Waals surface area contributed by atoms with Gasteiger partial charge in [-0.1, -0.05) is 23.7 Å². The SMILES string of the molecule is CN(C)C(=O)CCOC(=O)[C@@H]1C[C@H]1c1ccc(Cl)cc1. The van der Waals surface area contributed by atoms with E-state index in [9.17, 15) is 9.59 Å². The summed E-state index contributed by atoms with van der Waals surface area (Å²) >= 11 is 5.83. The Labute approximate surface area is 123 Å². The van der Waals surface area contributed by atoms with Crippen molar-refractivity contribution in [3.05, 3.63) is 34.9 Å². The molecule has 0 heterocycles. The van der Waals surface area contributed by atoms with E-state index in [-0.39, 0.29) is 36.7 Å². The van der Waals surface area contributed by atoms with Gasteiger partial charge in [0.05, 0.1) is 12.3 Å². The minimum absolute atomic E-state index is 0.0390. The van der Waals surface area contributed by atoms with Crippen LogP contribution in [0.2, 0.25) is 5.02 Å². The zero-order valence-corrected chi connectivity index (χ0v) is 12.4. The van der Waals surface area contributed by atoms with Gasteiger partial charge in [0.15, 0.2) is 0 Å². The summed E-state index contributed by atoms with van der Waals surface area (Å²) in [7, 11) is 3.36. The first-order chi connectivity index (χ1) is 9.49. The first-order valence-electron chi connectivity index (χ1n) is 6.61. The van der Waals surface area contributed by atoms with E-state index in [0.29, 0.717) is 5.02 Å². The second-order valence-corrected chi connectivity index (χ2v) is 5.64. The second-order valence-electron chi connectivity index (χ2n) is 5.21. The van der Waals surface area contributed by atoms with Crippen LogP contribution < -0.4 is 0 Å². The summed E-state index contributed by atoms with van der Waals surface area (Å²) in [6.45, 7) is 0.152. The summed E-state index contributed by atoms with van der Waals surface area (Å²) in [4.78, 5) is 24.7. The lowest BCUT2D eigenvalue weighted by molar-refractivity contribution is -0.146. The normalized spacial score (nSPS) is 20.4. The van der Waals surface area contributed by atoms with Gasteiger partial charge in [-0.15, -0.1) is 0 Å². The fourth-order valence-electron chi connectivity index (χ4n) is 2.10. The van der Waals surface area contributed by atoms with Crippen LogP contribution in [0.4, 0.5) is 0 Å². The minimum atomic E-state index is -0.212. The Kier molecular flexibility index (Phi) is 4.65. The van der Waals surface area contributed by atoms with Gasteiger partial charge in [-0.25, -0.2) is 0 Å². The molecule has 4 nitrogen and oxygen atoms in total. The lowest BCUT2D eigenvalue weighted by Gasteiger charge is -2.10. The predicted molar refractivity (Wildman–Crippen MR) is 76.6 cm³/mol. The van der Waals surface area contributed by atoms with Gasteiger partial charge in [-0.05, 0) is 30.0 Å². The number of esters is 1. The molecule has 1 saturated carbocycles. The van der Waals surface area contributed by atoms with Gasteiger partial charge in [0.25, 0.3) is 0 Å². The van der Waals surface area contributed by atoms with Gasteiger partial charge in [-0.3, -0.25) is 9.59 Å². The number of hydrogen-bond donors (Lipinski definition) is 0. The monoisotopic (exact) mass is 295 g/mol. The summed E-state index contributed by atoms with van der Waals surface area (Å²) in [5.74, 6) is -0.102. The van der Waals surface area contributed by atoms with E-state index in [1.165, 1.54) is 4.90 Å². The Bertz CT molecular complexity index is 498. The Hall–Kier alpha value is -1.55. The number of nitrogens with zero attached hydrogens (tertiary/aromatic N) is 1. The van der Waals surface area contributed by atoms with E-state index >= 15 is 0 Å². The number of ether oxygens (including phenoxy) is 1. The Morgan fingerprint density at radius 3 is 2.55 bits per heavy atom. The van der Waals surface area contributed by atoms with Crippen LogP contribution in [0, 0.1) is 5.92 Å². The first-order valence-corrected chi connectivity index (χ1v) is 6.99. The van der Waals surface area contributed by atoms with Crippen molar-refractivity contribution in [3.63, 3.8) is 0 Å². The number of amides is 1. The Balaban J connectivity index is 1.76. The quantitative estimate of drug-likeness (QED) is 0.784. The highest BCUT2D eigenvalue weighted by molar-refractivity contribution is 6.30. The molecule has 108 valence electrons. The number of benzene rings is 1. The smallest absolute Gasteiger partial charge is 0.309 e. The van der Waals surface area contributed by atoms with Gasteiger partial charge in [0.1, 0.15) is 6.61 Å². The zero-order valence-electron chi connectivity index (χ0n) is 11.6. The van der Waals surface area contributed by atoms with Crippen LogP contribution in [-0.4, -0.2) is 37.5 Å². The molecule has 0 unspecified atom stereocenters. The standard InChI is InChI=1S/C15H18ClNO3/c1-17(2)14(18)7-8-20-15(19)13-9-12(13)10-3-5-11(16)6-4-10/h3-6,12-13H,7-9H2,1-2H3/t12-,13+/m0/s1. The third-order valence-electron chi connectivity index (χ3n) is 3.45. The third-order valence-corrected chi connectivity index (χ3v) is 3.70. The van der Waals surface area contributed by atoms with Gasteiger partial charge in [-0.2, -0.15) is 0 Å². The van der Waals surface area contributed by atoms with Crippen LogP contribution >= 0.6 is 11.6 Å². The molecule has 0 aliphatic heterocycles. The van der Waals surface area contributed by atoms with Crippen molar-refractivity contribution in [2.45, 2.75) is 18.8 Å². The molecule has 20 heavy (non-hydrogen) atoms. The van der Waals surface area contributed by atoms with Crippen molar-refractivity contribution in [2.75, 3.05) is 20.7 Å². The molecule has 0 saturated heterocycles. The van der Waals surface area contributed by atoms with E-state index in [4.69, 9.17) is 16.3 Å². The largest absolute Gasteiger partial charge is 0.465 e. The van der Waals surface area contributed by atoms with Crippen molar-refractivity contribution in [1.29, 1.82) is 0 Å². The minimum Gasteiger partial charge on any atom is -0.465 e. The molecule has 0 spiro atoms. The van der Waals surface area contributed by atoms with Crippen molar-refractivity contribution in [1.82, 2.24) is 4.90 Å². The van der Waals surface area contributed by atoms with Gasteiger partial charge in [0, 0.05) is 19.1 Å². The summed E-state index contributed by atoms with van der Waals surface area (Å²) < 4.78 is 5.15. The fraction of sp³-hybridized carbons (Fsp3) is 0.467. The number of halogens is 1. The zero-order chi connectivity index (χ0) is 14.7. The molecule has 0 N–H and O–H groups in total. The third kappa shape index (κ3) is 3.73. The molecule has 2 rings (SSSR count). The van der Waals surface area contributed by atoms with Crippen molar-refractivity contribution < 1.29 is 14.3 Å². The molecule has 1 amide bonds. The van der Waals surface area contributed by atoms with Gasteiger partial charge < -0.3 is 9.64 Å². The van der Waals surface area contributed by atoms with Crippen molar-refractivity contribution >= 4 is 23.5 Å². The van der Waals surface area contributed by atoms with Gasteiger partial charge in [0.2, 0.25) is 5.91 Å². The fourth-order valence-corrected chi connectivity index (χ4v) is 2.23. The molecule has 1 fully saturated rings. The highest BCUT2D eigenvalue weighted by atomic mass is 35.5. The van der Waals surface area contributed by atoms with Crippen molar-refractivity contribution in [2.24, 2.45) is 5.92 Å². The van der Waals surface area contributed by atoms with E-state index in [1.54, 1.807) is 14.1 Å². The summed E-state index contributed by atoms with van der Waals surface area (Å²) in [6.07, 6.45) is 1.04. The second kappa shape index (κ2) is 6.27. The summed E-state index contributed by atoms with van der Waals surface area (Å²) in [5.41, 5.74) is 1.11. The van der Waals surface area contributed by atoms with Crippen LogP contribution in [0.5, 0.6) is 0 Å². The van der Waals surface area contributed by atoms with E-state index in [2.05, 4.69) is 0 Å². The van der Waals surface area contributed by atoms with E-state index < -0.39 is 0 Å². The maximum absolute atomic E-state index is 11.8.